The molecule has 1 N–H and O–H groups in total. The molecule has 2 aliphatic heterocycles. The standard InChI is InChI=1S/C22H25N3O2/c1-24(18-10-6-3-7-11-18)21(27)25-14-12-22(13-15-25)16-19(20(26)23-22)17-8-4-2-5-9-17/h2-11,19H,12-16H2,1H3,(H,23,26)/t19-/m0/s1. The molecule has 27 heavy (non-hydrogen) atoms. The molecular formula is C22H25N3O2. The summed E-state index contributed by atoms with van der Waals surface area (Å²) in [5, 5.41) is 3.25. The minimum atomic E-state index is -0.181. The molecule has 0 aromatic heterocycles. The van der Waals surface area contributed by atoms with Gasteiger partial charge in [-0.1, -0.05) is 48.5 Å². The normalized spacial score (nSPS) is 21.1. The summed E-state index contributed by atoms with van der Waals surface area (Å²) in [7, 11) is 1.81. The van der Waals surface area contributed by atoms with Crippen LogP contribution in [0.15, 0.2) is 60.7 Å². The molecule has 3 amide bonds. The van der Waals surface area contributed by atoms with Gasteiger partial charge in [-0.15, -0.1) is 0 Å². The van der Waals surface area contributed by atoms with Crippen LogP contribution in [0.5, 0.6) is 0 Å². The number of carbonyl (C=O) groups excluding carboxylic acids is 2. The molecule has 2 aromatic rings. The van der Waals surface area contributed by atoms with Crippen LogP contribution in [0.3, 0.4) is 0 Å². The number of urea groups is 1. The average Bonchev–Trinajstić information content (AvgIpc) is 3.04. The van der Waals surface area contributed by atoms with Gasteiger partial charge < -0.3 is 10.2 Å². The number of likely N-dealkylation sites (tertiary alicyclic amines) is 1. The summed E-state index contributed by atoms with van der Waals surface area (Å²) in [6.45, 7) is 1.33. The number of hydrogen-bond acceptors (Lipinski definition) is 2. The molecule has 5 heteroatoms. The molecule has 0 aliphatic carbocycles. The highest BCUT2D eigenvalue weighted by Gasteiger charge is 2.46. The monoisotopic (exact) mass is 363 g/mol. The van der Waals surface area contributed by atoms with Crippen molar-refractivity contribution < 1.29 is 9.59 Å². The summed E-state index contributed by atoms with van der Waals surface area (Å²) in [5.74, 6) is 0.0304. The third kappa shape index (κ3) is 3.42. The van der Waals surface area contributed by atoms with Crippen molar-refractivity contribution in [2.24, 2.45) is 0 Å². The highest BCUT2D eigenvalue weighted by molar-refractivity contribution is 5.91. The molecule has 140 valence electrons. The minimum Gasteiger partial charge on any atom is -0.350 e. The number of carbonyl (C=O) groups is 2. The largest absolute Gasteiger partial charge is 0.350 e. The molecule has 0 bridgehead atoms. The van der Waals surface area contributed by atoms with Crippen molar-refractivity contribution in [1.82, 2.24) is 10.2 Å². The predicted octanol–water partition coefficient (Wildman–Crippen LogP) is 3.38. The maximum absolute atomic E-state index is 12.8. The molecular weight excluding hydrogens is 338 g/mol. The summed E-state index contributed by atoms with van der Waals surface area (Å²) in [5.41, 5.74) is 1.79. The van der Waals surface area contributed by atoms with Crippen LogP contribution < -0.4 is 10.2 Å². The van der Waals surface area contributed by atoms with Crippen molar-refractivity contribution in [1.29, 1.82) is 0 Å². The van der Waals surface area contributed by atoms with Gasteiger partial charge in [0, 0.05) is 31.4 Å². The highest BCUT2D eigenvalue weighted by atomic mass is 16.2. The van der Waals surface area contributed by atoms with Crippen molar-refractivity contribution in [3.8, 4) is 0 Å². The second kappa shape index (κ2) is 7.06. The van der Waals surface area contributed by atoms with Gasteiger partial charge in [-0.3, -0.25) is 9.69 Å². The molecule has 2 fully saturated rings. The number of anilines is 1. The fourth-order valence-corrected chi connectivity index (χ4v) is 4.27. The first-order valence-corrected chi connectivity index (χ1v) is 9.53. The summed E-state index contributed by atoms with van der Waals surface area (Å²) in [6.07, 6.45) is 2.42. The Kier molecular flexibility index (Phi) is 4.60. The first-order chi connectivity index (χ1) is 13.1. The van der Waals surface area contributed by atoms with E-state index in [-0.39, 0.29) is 23.4 Å². The Balaban J connectivity index is 1.40. The van der Waals surface area contributed by atoms with E-state index < -0.39 is 0 Å². The van der Waals surface area contributed by atoms with E-state index in [2.05, 4.69) is 5.32 Å². The number of amides is 3. The molecule has 4 rings (SSSR count). The SMILES string of the molecule is CN(C(=O)N1CCC2(CC1)C[C@@H](c1ccccc1)C(=O)N2)c1ccccc1. The summed E-state index contributed by atoms with van der Waals surface area (Å²) >= 11 is 0. The van der Waals surface area contributed by atoms with Gasteiger partial charge in [0.2, 0.25) is 5.91 Å². The van der Waals surface area contributed by atoms with Gasteiger partial charge in [-0.2, -0.15) is 0 Å². The van der Waals surface area contributed by atoms with E-state index in [0.717, 1.165) is 30.5 Å². The van der Waals surface area contributed by atoms with Crippen LogP contribution in [0.25, 0.3) is 0 Å². The Morgan fingerprint density at radius 2 is 1.63 bits per heavy atom. The van der Waals surface area contributed by atoms with E-state index in [1.807, 2.05) is 72.6 Å². The van der Waals surface area contributed by atoms with E-state index in [4.69, 9.17) is 0 Å². The van der Waals surface area contributed by atoms with Crippen LogP contribution >= 0.6 is 0 Å². The van der Waals surface area contributed by atoms with Gasteiger partial charge in [-0.25, -0.2) is 4.79 Å². The zero-order valence-corrected chi connectivity index (χ0v) is 15.6. The molecule has 0 unspecified atom stereocenters. The smallest absolute Gasteiger partial charge is 0.324 e. The lowest BCUT2D eigenvalue weighted by atomic mass is 9.82. The maximum atomic E-state index is 12.8. The highest BCUT2D eigenvalue weighted by Crippen LogP contribution is 2.39. The Hall–Kier alpha value is -2.82. The molecule has 0 radical (unpaired) electrons. The first kappa shape index (κ1) is 17.6. The second-order valence-electron chi connectivity index (χ2n) is 7.60. The third-order valence-corrected chi connectivity index (χ3v) is 5.92. The van der Waals surface area contributed by atoms with Crippen LogP contribution in [-0.2, 0) is 4.79 Å². The van der Waals surface area contributed by atoms with Gasteiger partial charge in [0.1, 0.15) is 0 Å². The summed E-state index contributed by atoms with van der Waals surface area (Å²) in [6, 6.07) is 19.7. The minimum absolute atomic E-state index is 0.0139. The van der Waals surface area contributed by atoms with E-state index in [9.17, 15) is 9.59 Å². The number of nitrogens with one attached hydrogen (secondary N) is 1. The van der Waals surface area contributed by atoms with Crippen LogP contribution in [0, 0.1) is 0 Å². The van der Waals surface area contributed by atoms with Gasteiger partial charge in [0.15, 0.2) is 0 Å². The number of benzene rings is 2. The lowest BCUT2D eigenvalue weighted by molar-refractivity contribution is -0.121. The topological polar surface area (TPSA) is 52.7 Å². The number of rotatable bonds is 2. The molecule has 2 aliphatic rings. The van der Waals surface area contributed by atoms with Crippen molar-refractivity contribution in [3.05, 3.63) is 66.2 Å². The Morgan fingerprint density at radius 3 is 2.26 bits per heavy atom. The quantitative estimate of drug-likeness (QED) is 0.889. The maximum Gasteiger partial charge on any atom is 0.324 e. The van der Waals surface area contributed by atoms with Crippen molar-refractivity contribution >= 4 is 17.6 Å². The van der Waals surface area contributed by atoms with Crippen LogP contribution in [0.4, 0.5) is 10.5 Å². The lowest BCUT2D eigenvalue weighted by Gasteiger charge is -2.40. The van der Waals surface area contributed by atoms with Gasteiger partial charge in [0.05, 0.1) is 5.92 Å². The first-order valence-electron chi connectivity index (χ1n) is 9.53. The summed E-state index contributed by atoms with van der Waals surface area (Å²) in [4.78, 5) is 29.0. The third-order valence-electron chi connectivity index (χ3n) is 5.92. The lowest BCUT2D eigenvalue weighted by Crippen LogP contribution is -2.54. The number of piperidine rings is 1. The average molecular weight is 363 g/mol. The van der Waals surface area contributed by atoms with E-state index in [1.165, 1.54) is 0 Å². The fourth-order valence-electron chi connectivity index (χ4n) is 4.27. The van der Waals surface area contributed by atoms with Gasteiger partial charge in [-0.05, 0) is 37.0 Å². The van der Waals surface area contributed by atoms with E-state index >= 15 is 0 Å². The molecule has 1 atom stereocenters. The van der Waals surface area contributed by atoms with E-state index in [0.29, 0.717) is 13.1 Å². The van der Waals surface area contributed by atoms with Crippen molar-refractivity contribution in [3.63, 3.8) is 0 Å². The molecule has 2 saturated heterocycles. The summed E-state index contributed by atoms with van der Waals surface area (Å²) < 4.78 is 0. The second-order valence-corrected chi connectivity index (χ2v) is 7.60. The van der Waals surface area contributed by atoms with Crippen LogP contribution in [-0.4, -0.2) is 42.5 Å². The molecule has 0 saturated carbocycles. The van der Waals surface area contributed by atoms with Crippen LogP contribution in [0.2, 0.25) is 0 Å². The Labute approximate surface area is 160 Å². The number of nitrogens with zero attached hydrogens (tertiary/aromatic N) is 2. The Bertz CT molecular complexity index is 814. The molecule has 1 spiro atoms. The molecule has 2 heterocycles. The number of hydrogen-bond donors (Lipinski definition) is 1. The zero-order chi connectivity index (χ0) is 18.9. The van der Waals surface area contributed by atoms with Crippen molar-refractivity contribution in [2.75, 3.05) is 25.0 Å². The number of para-hydroxylation sites is 1. The zero-order valence-electron chi connectivity index (χ0n) is 15.6. The van der Waals surface area contributed by atoms with E-state index in [1.54, 1.807) is 4.90 Å². The predicted molar refractivity (Wildman–Crippen MR) is 106 cm³/mol. The Morgan fingerprint density at radius 1 is 1.04 bits per heavy atom. The van der Waals surface area contributed by atoms with Crippen molar-refractivity contribution in [2.45, 2.75) is 30.7 Å². The fraction of sp³-hybridized carbons (Fsp3) is 0.364. The van der Waals surface area contributed by atoms with Gasteiger partial charge >= 0.3 is 6.03 Å². The van der Waals surface area contributed by atoms with Crippen LogP contribution in [0.1, 0.15) is 30.7 Å². The van der Waals surface area contributed by atoms with Gasteiger partial charge in [0.25, 0.3) is 0 Å². The molecule has 5 nitrogen and oxygen atoms in total. The molecule has 2 aromatic carbocycles.